The summed E-state index contributed by atoms with van der Waals surface area (Å²) in [5.41, 5.74) is 4.84. The van der Waals surface area contributed by atoms with E-state index in [-0.39, 0.29) is 5.56 Å². The minimum atomic E-state index is -0.561. The van der Waals surface area contributed by atoms with Gasteiger partial charge < -0.3 is 25.4 Å². The zero-order chi connectivity index (χ0) is 15.9. The lowest BCUT2D eigenvalue weighted by Gasteiger charge is -2.29. The van der Waals surface area contributed by atoms with Crippen molar-refractivity contribution >= 4 is 23.4 Å². The van der Waals surface area contributed by atoms with E-state index in [1.165, 1.54) is 13.2 Å². The number of nitrogens with two attached hydrogens (primary N) is 1. The Balaban J connectivity index is 2.21. The smallest absolute Gasteiger partial charge is 0.340 e. The Morgan fingerprint density at radius 2 is 2.00 bits per heavy atom. The van der Waals surface area contributed by atoms with Gasteiger partial charge in [0.1, 0.15) is 12.4 Å². The van der Waals surface area contributed by atoms with Crippen LogP contribution in [0, 0.1) is 0 Å². The highest BCUT2D eigenvalue weighted by atomic mass is 35.5. The third kappa shape index (κ3) is 3.88. The molecular weight excluding hydrogens is 306 g/mol. The lowest BCUT2D eigenvalue weighted by atomic mass is 10.1. The zero-order valence-electron chi connectivity index (χ0n) is 11.9. The van der Waals surface area contributed by atoms with E-state index in [2.05, 4.69) is 5.53 Å². The predicted octanol–water partition coefficient (Wildman–Crippen LogP) is 3.17. The van der Waals surface area contributed by atoms with Crippen LogP contribution < -0.4 is 15.1 Å². The van der Waals surface area contributed by atoms with Gasteiger partial charge in [-0.2, -0.15) is 0 Å². The van der Waals surface area contributed by atoms with E-state index in [1.54, 1.807) is 12.1 Å². The molecule has 2 aromatic carbocycles. The highest BCUT2D eigenvalue weighted by molar-refractivity contribution is 6.27. The van der Waals surface area contributed by atoms with E-state index < -0.39 is 5.97 Å². The van der Waals surface area contributed by atoms with Crippen LogP contribution >= 0.6 is 11.8 Å². The molecule has 0 saturated carbocycles. The summed E-state index contributed by atoms with van der Waals surface area (Å²) < 4.78 is 11.3. The van der Waals surface area contributed by atoms with Crippen molar-refractivity contribution < 1.29 is 14.3 Å². The highest BCUT2D eigenvalue weighted by Crippen LogP contribution is 2.28. The molecule has 2 aromatic rings. The molecule has 2 rings (SSSR count). The Labute approximate surface area is 133 Å². The summed E-state index contributed by atoms with van der Waals surface area (Å²) in [5, 5.41) is 0. The van der Waals surface area contributed by atoms with Crippen molar-refractivity contribution in [1.82, 2.24) is 0 Å². The van der Waals surface area contributed by atoms with Gasteiger partial charge in [-0.3, -0.25) is 0 Å². The number of carbonyl (C=O) groups excluding carboxylic acids is 1. The quantitative estimate of drug-likeness (QED) is 0.383. The van der Waals surface area contributed by atoms with Crippen LogP contribution in [-0.4, -0.2) is 13.1 Å². The van der Waals surface area contributed by atoms with E-state index in [1.807, 2.05) is 30.3 Å². The number of hydrogen-bond acceptors (Lipinski definition) is 5. The largest absolute Gasteiger partial charge is 0.490 e. The molecule has 0 atom stereocenters. The van der Waals surface area contributed by atoms with Crippen LogP contribution in [0.25, 0.3) is 5.53 Å². The lowest BCUT2D eigenvalue weighted by Crippen LogP contribution is -2.14. The van der Waals surface area contributed by atoms with Crippen LogP contribution in [0.3, 0.4) is 0 Å². The number of halogens is 1. The van der Waals surface area contributed by atoms with Gasteiger partial charge in [0.05, 0.1) is 12.7 Å². The zero-order valence-corrected chi connectivity index (χ0v) is 12.7. The molecule has 116 valence electrons. The average Bonchev–Trinajstić information content (AvgIpc) is 2.59. The lowest BCUT2D eigenvalue weighted by molar-refractivity contribution is 0.0601. The molecule has 0 aliphatic rings. The standard InChI is InChI=1S/C15H15ClN3O3/c1-21-15(20)13-9-12(7-8-14(13)19(16)18-17)22-10-11-5-3-2-4-6-11/h2-9H,10,17H2,1H3/q-1. The second-order valence-electron chi connectivity index (χ2n) is 4.32. The Bertz CT molecular complexity index is 637. The molecule has 0 spiro atoms. The first kappa shape index (κ1) is 16.1. The molecule has 2 N–H and O–H groups in total. The van der Waals surface area contributed by atoms with Gasteiger partial charge in [0, 0.05) is 5.69 Å². The van der Waals surface area contributed by atoms with Gasteiger partial charge in [0.15, 0.2) is 0 Å². The van der Waals surface area contributed by atoms with Crippen LogP contribution in [0.5, 0.6) is 5.75 Å². The Morgan fingerprint density at radius 3 is 2.64 bits per heavy atom. The number of rotatable bonds is 6. The van der Waals surface area contributed by atoms with Crippen LogP contribution in [0.4, 0.5) is 5.69 Å². The Kier molecular flexibility index (Phi) is 5.60. The van der Waals surface area contributed by atoms with Crippen LogP contribution in [0.2, 0.25) is 0 Å². The van der Waals surface area contributed by atoms with E-state index in [0.29, 0.717) is 18.0 Å². The summed E-state index contributed by atoms with van der Waals surface area (Å²) in [7, 11) is 1.28. The molecule has 0 fully saturated rings. The van der Waals surface area contributed by atoms with Gasteiger partial charge in [-0.1, -0.05) is 30.3 Å². The molecule has 22 heavy (non-hydrogen) atoms. The highest BCUT2D eigenvalue weighted by Gasteiger charge is 2.14. The number of anilines is 1. The molecule has 0 heterocycles. The first-order chi connectivity index (χ1) is 10.7. The van der Waals surface area contributed by atoms with Crippen molar-refractivity contribution in [2.45, 2.75) is 6.61 Å². The van der Waals surface area contributed by atoms with Gasteiger partial charge >= 0.3 is 5.97 Å². The summed E-state index contributed by atoms with van der Waals surface area (Å²) in [5.74, 6) is 5.07. The van der Waals surface area contributed by atoms with Gasteiger partial charge in [-0.05, 0) is 35.5 Å². The number of carbonyl (C=O) groups is 1. The number of nitrogens with zero attached hydrogens (tertiary/aromatic N) is 2. The van der Waals surface area contributed by atoms with Gasteiger partial charge in [0.2, 0.25) is 0 Å². The van der Waals surface area contributed by atoms with Crippen molar-refractivity contribution in [3.63, 3.8) is 0 Å². The topological polar surface area (TPSA) is 78.9 Å². The maximum absolute atomic E-state index is 11.8. The predicted molar refractivity (Wildman–Crippen MR) is 84.4 cm³/mol. The molecular formula is C15H15ClN3O3-. The summed E-state index contributed by atoms with van der Waals surface area (Å²) in [4.78, 5) is 11.8. The number of benzene rings is 2. The number of hydrogen-bond donors (Lipinski definition) is 1. The van der Waals surface area contributed by atoms with Crippen LogP contribution in [0.15, 0.2) is 48.5 Å². The molecule has 0 amide bonds. The first-order valence-corrected chi connectivity index (χ1v) is 6.75. The summed E-state index contributed by atoms with van der Waals surface area (Å²) >= 11 is 5.82. The minimum absolute atomic E-state index is 0.206. The van der Waals surface area contributed by atoms with E-state index in [4.69, 9.17) is 27.1 Å². The monoisotopic (exact) mass is 320 g/mol. The Morgan fingerprint density at radius 1 is 1.27 bits per heavy atom. The third-order valence-corrected chi connectivity index (χ3v) is 3.19. The summed E-state index contributed by atoms with van der Waals surface area (Å²) in [6.07, 6.45) is 0. The fourth-order valence-corrected chi connectivity index (χ4v) is 1.99. The molecule has 0 radical (unpaired) electrons. The first-order valence-electron chi connectivity index (χ1n) is 6.41. The number of esters is 1. The van der Waals surface area contributed by atoms with Crippen molar-refractivity contribution in [2.24, 2.45) is 5.84 Å². The average molecular weight is 321 g/mol. The van der Waals surface area contributed by atoms with E-state index in [9.17, 15) is 4.79 Å². The third-order valence-electron chi connectivity index (χ3n) is 2.92. The minimum Gasteiger partial charge on any atom is -0.490 e. The molecule has 7 heteroatoms. The summed E-state index contributed by atoms with van der Waals surface area (Å²) in [6, 6.07) is 14.5. The SMILES string of the molecule is COC(=O)c1cc(OCc2ccccc2)ccc1N(Cl)[N-]N. The van der Waals surface area contributed by atoms with Crippen molar-refractivity contribution in [3.8, 4) is 5.75 Å². The van der Waals surface area contributed by atoms with Crippen LogP contribution in [0.1, 0.15) is 15.9 Å². The molecule has 0 aliphatic carbocycles. The Hall–Kier alpha value is -2.28. The molecule has 0 aliphatic heterocycles. The number of methoxy groups -OCH3 is 1. The molecule has 0 unspecified atom stereocenters. The fraction of sp³-hybridized carbons (Fsp3) is 0.133. The molecule has 0 aromatic heterocycles. The van der Waals surface area contributed by atoms with Gasteiger partial charge in [0.25, 0.3) is 0 Å². The second kappa shape index (κ2) is 7.65. The van der Waals surface area contributed by atoms with Crippen molar-refractivity contribution in [1.29, 1.82) is 0 Å². The van der Waals surface area contributed by atoms with Gasteiger partial charge in [-0.25, -0.2) is 4.79 Å². The van der Waals surface area contributed by atoms with Gasteiger partial charge in [-0.15, -0.1) is 0 Å². The maximum Gasteiger partial charge on any atom is 0.340 e. The van der Waals surface area contributed by atoms with Crippen molar-refractivity contribution in [3.05, 3.63) is 65.2 Å². The normalized spacial score (nSPS) is 10.1. The van der Waals surface area contributed by atoms with E-state index in [0.717, 1.165) is 10.1 Å². The van der Waals surface area contributed by atoms with Crippen molar-refractivity contribution in [2.75, 3.05) is 11.6 Å². The number of ether oxygens (including phenoxy) is 2. The molecule has 6 nitrogen and oxygen atoms in total. The molecule has 0 bridgehead atoms. The second-order valence-corrected chi connectivity index (χ2v) is 4.64. The molecule has 0 saturated heterocycles. The fourth-order valence-electron chi connectivity index (χ4n) is 1.84. The summed E-state index contributed by atoms with van der Waals surface area (Å²) in [6.45, 7) is 0.382. The van der Waals surface area contributed by atoms with Crippen LogP contribution in [-0.2, 0) is 11.3 Å². The van der Waals surface area contributed by atoms with E-state index >= 15 is 0 Å². The maximum atomic E-state index is 11.8.